The molecule has 0 aliphatic carbocycles. The number of halogens is 2. The molecule has 2 nitrogen and oxygen atoms in total. The highest BCUT2D eigenvalue weighted by molar-refractivity contribution is 14.1. The van der Waals surface area contributed by atoms with Crippen LogP contribution in [-0.4, -0.2) is 5.11 Å². The van der Waals surface area contributed by atoms with Crippen LogP contribution < -0.4 is 5.73 Å². The van der Waals surface area contributed by atoms with Gasteiger partial charge in [0.25, 0.3) is 0 Å². The summed E-state index contributed by atoms with van der Waals surface area (Å²) in [4.78, 5) is 0. The molecule has 0 saturated carbocycles. The Balaban J connectivity index is 3.21. The van der Waals surface area contributed by atoms with Gasteiger partial charge >= 0.3 is 0 Å². The minimum absolute atomic E-state index is 0.350. The van der Waals surface area contributed by atoms with Crippen LogP contribution >= 0.6 is 45.2 Å². The summed E-state index contributed by atoms with van der Waals surface area (Å²) in [7, 11) is 0. The summed E-state index contributed by atoms with van der Waals surface area (Å²) in [5, 5.41) is 9.37. The summed E-state index contributed by atoms with van der Waals surface area (Å²) in [5.41, 5.74) is 6.50. The highest BCUT2D eigenvalue weighted by Crippen LogP contribution is 2.26. The van der Waals surface area contributed by atoms with E-state index in [1.165, 1.54) is 0 Å². The standard InChI is InChI=1S/C7H7I2NO/c8-5-1-4(3-10)2-6(9)7(5)11/h1-2,11H,3,10H2. The molecule has 1 aromatic carbocycles. The van der Waals surface area contributed by atoms with Gasteiger partial charge in [0.05, 0.1) is 7.14 Å². The van der Waals surface area contributed by atoms with Crippen molar-refractivity contribution in [2.75, 3.05) is 0 Å². The summed E-state index contributed by atoms with van der Waals surface area (Å²) < 4.78 is 1.71. The molecule has 0 spiro atoms. The molecule has 1 aromatic rings. The molecule has 0 aliphatic heterocycles. The lowest BCUT2D eigenvalue weighted by Crippen LogP contribution is -1.97. The van der Waals surface area contributed by atoms with E-state index in [-0.39, 0.29) is 0 Å². The lowest BCUT2D eigenvalue weighted by Gasteiger charge is -2.02. The molecule has 0 fully saturated rings. The Hall–Kier alpha value is 0.440. The van der Waals surface area contributed by atoms with Crippen LogP contribution in [0.4, 0.5) is 0 Å². The van der Waals surface area contributed by atoms with Crippen molar-refractivity contribution in [3.05, 3.63) is 24.8 Å². The van der Waals surface area contributed by atoms with Gasteiger partial charge in [-0.15, -0.1) is 0 Å². The number of hydrogen-bond donors (Lipinski definition) is 2. The summed E-state index contributed by atoms with van der Waals surface area (Å²) in [5.74, 6) is 0.350. The molecule has 0 amide bonds. The maximum absolute atomic E-state index is 9.37. The van der Waals surface area contributed by atoms with Gasteiger partial charge in [0.1, 0.15) is 5.75 Å². The average Bonchev–Trinajstić information content (AvgIpc) is 1.99. The van der Waals surface area contributed by atoms with Crippen molar-refractivity contribution in [2.24, 2.45) is 5.73 Å². The second-order valence-electron chi connectivity index (χ2n) is 2.11. The topological polar surface area (TPSA) is 46.2 Å². The lowest BCUT2D eigenvalue weighted by atomic mass is 10.2. The average molecular weight is 375 g/mol. The van der Waals surface area contributed by atoms with Gasteiger partial charge in [0, 0.05) is 6.54 Å². The SMILES string of the molecule is NCc1cc(I)c(O)c(I)c1. The number of phenols is 1. The van der Waals surface area contributed by atoms with Gasteiger partial charge in [0.2, 0.25) is 0 Å². The molecule has 60 valence electrons. The number of aromatic hydroxyl groups is 1. The van der Waals surface area contributed by atoms with Crippen molar-refractivity contribution in [2.45, 2.75) is 6.54 Å². The van der Waals surface area contributed by atoms with Gasteiger partial charge in [-0.3, -0.25) is 0 Å². The Kier molecular flexibility index (Phi) is 3.38. The molecule has 0 aromatic heterocycles. The molecule has 0 saturated heterocycles. The molecule has 0 unspecified atom stereocenters. The molecule has 0 atom stereocenters. The van der Waals surface area contributed by atoms with E-state index in [0.29, 0.717) is 12.3 Å². The van der Waals surface area contributed by atoms with Crippen LogP contribution in [0.5, 0.6) is 5.75 Å². The van der Waals surface area contributed by atoms with Gasteiger partial charge in [-0.1, -0.05) is 0 Å². The van der Waals surface area contributed by atoms with E-state index in [0.717, 1.165) is 12.7 Å². The fourth-order valence-corrected chi connectivity index (χ4v) is 2.63. The van der Waals surface area contributed by atoms with Gasteiger partial charge in [-0.05, 0) is 62.9 Å². The number of benzene rings is 1. The van der Waals surface area contributed by atoms with Crippen LogP contribution in [-0.2, 0) is 6.54 Å². The Labute approximate surface area is 92.5 Å². The van der Waals surface area contributed by atoms with Crippen molar-refractivity contribution in [1.82, 2.24) is 0 Å². The van der Waals surface area contributed by atoms with Gasteiger partial charge in [0.15, 0.2) is 0 Å². The van der Waals surface area contributed by atoms with E-state index in [9.17, 15) is 5.11 Å². The third-order valence-corrected chi connectivity index (χ3v) is 2.96. The smallest absolute Gasteiger partial charge is 0.142 e. The Bertz CT molecular complexity index is 252. The Morgan fingerprint density at radius 1 is 1.27 bits per heavy atom. The van der Waals surface area contributed by atoms with Crippen LogP contribution in [0.25, 0.3) is 0 Å². The second-order valence-corrected chi connectivity index (χ2v) is 4.44. The van der Waals surface area contributed by atoms with Crippen LogP contribution in [0.1, 0.15) is 5.56 Å². The summed E-state index contributed by atoms with van der Waals surface area (Å²) >= 11 is 4.18. The summed E-state index contributed by atoms with van der Waals surface area (Å²) in [6.07, 6.45) is 0. The molecule has 3 N–H and O–H groups in total. The summed E-state index contributed by atoms with van der Waals surface area (Å²) in [6.45, 7) is 0.520. The number of nitrogens with two attached hydrogens (primary N) is 1. The summed E-state index contributed by atoms with van der Waals surface area (Å²) in [6, 6.07) is 3.77. The van der Waals surface area contributed by atoms with E-state index in [1.54, 1.807) is 0 Å². The van der Waals surface area contributed by atoms with E-state index >= 15 is 0 Å². The molecular weight excluding hydrogens is 368 g/mol. The fourth-order valence-electron chi connectivity index (χ4n) is 0.736. The highest BCUT2D eigenvalue weighted by atomic mass is 127. The zero-order valence-corrected chi connectivity index (χ0v) is 9.96. The maximum atomic E-state index is 9.37. The minimum Gasteiger partial charge on any atom is -0.506 e. The van der Waals surface area contributed by atoms with E-state index in [4.69, 9.17) is 5.73 Å². The maximum Gasteiger partial charge on any atom is 0.142 e. The van der Waals surface area contributed by atoms with Gasteiger partial charge in [-0.2, -0.15) is 0 Å². The van der Waals surface area contributed by atoms with Crippen molar-refractivity contribution in [1.29, 1.82) is 0 Å². The molecule has 0 radical (unpaired) electrons. The lowest BCUT2D eigenvalue weighted by molar-refractivity contribution is 0.467. The number of phenolic OH excluding ortho intramolecular Hbond substituents is 1. The van der Waals surface area contributed by atoms with Crippen LogP contribution in [0.15, 0.2) is 12.1 Å². The monoisotopic (exact) mass is 375 g/mol. The quantitative estimate of drug-likeness (QED) is 0.739. The third-order valence-electron chi connectivity index (χ3n) is 1.31. The Morgan fingerprint density at radius 2 is 1.73 bits per heavy atom. The van der Waals surface area contributed by atoms with Crippen LogP contribution in [0.3, 0.4) is 0 Å². The molecular formula is C7H7I2NO. The van der Waals surface area contributed by atoms with E-state index in [2.05, 4.69) is 45.2 Å². The largest absolute Gasteiger partial charge is 0.506 e. The molecule has 4 heteroatoms. The first-order chi connectivity index (χ1) is 5.15. The first kappa shape index (κ1) is 9.53. The van der Waals surface area contributed by atoms with Gasteiger partial charge < -0.3 is 10.8 Å². The first-order valence-corrected chi connectivity index (χ1v) is 5.18. The number of hydrogen-bond acceptors (Lipinski definition) is 2. The predicted molar refractivity (Wildman–Crippen MR) is 61.4 cm³/mol. The van der Waals surface area contributed by atoms with Crippen LogP contribution in [0, 0.1) is 7.14 Å². The Morgan fingerprint density at radius 3 is 2.09 bits per heavy atom. The van der Waals surface area contributed by atoms with Crippen molar-refractivity contribution in [3.63, 3.8) is 0 Å². The second kappa shape index (κ2) is 3.90. The zero-order chi connectivity index (χ0) is 8.43. The first-order valence-electron chi connectivity index (χ1n) is 3.02. The van der Waals surface area contributed by atoms with E-state index in [1.807, 2.05) is 12.1 Å². The van der Waals surface area contributed by atoms with E-state index < -0.39 is 0 Å². The normalized spacial score (nSPS) is 10.1. The third kappa shape index (κ3) is 2.19. The highest BCUT2D eigenvalue weighted by Gasteiger charge is 2.03. The fraction of sp³-hybridized carbons (Fsp3) is 0.143. The molecule has 0 bridgehead atoms. The molecule has 0 aliphatic rings. The molecule has 0 heterocycles. The molecule has 11 heavy (non-hydrogen) atoms. The molecule has 1 rings (SSSR count). The van der Waals surface area contributed by atoms with Crippen LogP contribution in [0.2, 0.25) is 0 Å². The van der Waals surface area contributed by atoms with Crippen molar-refractivity contribution < 1.29 is 5.11 Å². The van der Waals surface area contributed by atoms with Crippen molar-refractivity contribution in [3.8, 4) is 5.75 Å². The van der Waals surface area contributed by atoms with Crippen molar-refractivity contribution >= 4 is 45.2 Å². The predicted octanol–water partition coefficient (Wildman–Crippen LogP) is 2.06. The number of rotatable bonds is 1. The minimum atomic E-state index is 0.350. The van der Waals surface area contributed by atoms with Gasteiger partial charge in [-0.25, -0.2) is 0 Å². The zero-order valence-electron chi connectivity index (χ0n) is 5.64.